The molecule has 0 unspecified atom stereocenters. The Hall–Kier alpha value is -3.61. The molecule has 1 amide bonds. The summed E-state index contributed by atoms with van der Waals surface area (Å²) in [5, 5.41) is 9.05. The molecule has 1 saturated carbocycles. The lowest BCUT2D eigenvalue weighted by Crippen LogP contribution is -2.42. The molecule has 3 heterocycles. The van der Waals surface area contributed by atoms with Gasteiger partial charge in [-0.2, -0.15) is 23.1 Å². The van der Waals surface area contributed by atoms with E-state index in [9.17, 15) is 18.0 Å². The second kappa shape index (κ2) is 9.80. The van der Waals surface area contributed by atoms with Crippen molar-refractivity contribution in [2.45, 2.75) is 44.0 Å². The van der Waals surface area contributed by atoms with E-state index in [0.29, 0.717) is 54.3 Å². The number of nitrogens with zero attached hydrogens (tertiary/aromatic N) is 5. The average Bonchev–Trinajstić information content (AvgIpc) is 3.54. The average molecular weight is 505 g/mol. The van der Waals surface area contributed by atoms with E-state index < -0.39 is 12.7 Å². The molecule has 36 heavy (non-hydrogen) atoms. The molecule has 13 heteroatoms. The topological polar surface area (TPSA) is 109 Å². The van der Waals surface area contributed by atoms with Gasteiger partial charge in [-0.25, -0.2) is 14.3 Å². The summed E-state index contributed by atoms with van der Waals surface area (Å²) in [5.74, 6) is 1.34. The lowest BCUT2D eigenvalue weighted by molar-refractivity contribution is -0.149. The highest BCUT2D eigenvalue weighted by Gasteiger charge is 2.33. The molecule has 0 spiro atoms. The highest BCUT2D eigenvalue weighted by atomic mass is 19.4. The van der Waals surface area contributed by atoms with Crippen molar-refractivity contribution in [3.05, 3.63) is 30.6 Å². The van der Waals surface area contributed by atoms with Gasteiger partial charge in [-0.3, -0.25) is 4.90 Å². The van der Waals surface area contributed by atoms with Gasteiger partial charge in [0.1, 0.15) is 18.2 Å². The summed E-state index contributed by atoms with van der Waals surface area (Å²) in [6, 6.07) is 7.12. The number of fused-ring (bicyclic) bond motifs is 1. The number of carbonyl (C=O) groups is 1. The Bertz CT molecular complexity index is 1240. The minimum Gasteiger partial charge on any atom is -0.490 e. The zero-order valence-corrected chi connectivity index (χ0v) is 19.7. The van der Waals surface area contributed by atoms with Crippen molar-refractivity contribution in [3.8, 4) is 5.75 Å². The first-order valence-corrected chi connectivity index (χ1v) is 11.8. The van der Waals surface area contributed by atoms with Gasteiger partial charge in [0.2, 0.25) is 5.95 Å². The number of aromatic nitrogens is 4. The van der Waals surface area contributed by atoms with Gasteiger partial charge in [0.05, 0.1) is 6.54 Å². The number of likely N-dealkylation sites (tertiary alicyclic amines) is 1. The van der Waals surface area contributed by atoms with Gasteiger partial charge in [0.15, 0.2) is 17.0 Å². The zero-order chi connectivity index (χ0) is 25.3. The van der Waals surface area contributed by atoms with E-state index in [-0.39, 0.29) is 24.1 Å². The second-order valence-electron chi connectivity index (χ2n) is 9.02. The molecule has 3 aromatic rings. The number of nitrogens with one attached hydrogen (secondary N) is 3. The van der Waals surface area contributed by atoms with E-state index in [2.05, 4.69) is 30.9 Å². The number of imidazole rings is 1. The van der Waals surface area contributed by atoms with Gasteiger partial charge >= 0.3 is 12.2 Å². The SMILES string of the molecule is CNc1nc(Nc2cccc(OC3CCN(CC(F)(F)F)CC3)c2)nc2c1ncn2C(=O)NC1CC1. The van der Waals surface area contributed by atoms with Crippen molar-refractivity contribution in [1.29, 1.82) is 0 Å². The van der Waals surface area contributed by atoms with Crippen LogP contribution in [0.4, 0.5) is 35.4 Å². The molecule has 2 aromatic heterocycles. The van der Waals surface area contributed by atoms with E-state index in [1.54, 1.807) is 25.2 Å². The van der Waals surface area contributed by atoms with Crippen LogP contribution in [0.15, 0.2) is 30.6 Å². The van der Waals surface area contributed by atoms with Crippen molar-refractivity contribution in [2.24, 2.45) is 0 Å². The fourth-order valence-corrected chi connectivity index (χ4v) is 4.16. The monoisotopic (exact) mass is 504 g/mol. The van der Waals surface area contributed by atoms with Crippen LogP contribution in [0, 0.1) is 0 Å². The van der Waals surface area contributed by atoms with Crippen molar-refractivity contribution in [1.82, 2.24) is 29.7 Å². The van der Waals surface area contributed by atoms with E-state index in [1.807, 2.05) is 6.07 Å². The third-order valence-corrected chi connectivity index (χ3v) is 6.09. The molecule has 1 saturated heterocycles. The highest BCUT2D eigenvalue weighted by molar-refractivity contribution is 5.92. The molecule has 0 bridgehead atoms. The molecular formula is C23H27F3N8O2. The predicted octanol–water partition coefficient (Wildman–Crippen LogP) is 3.74. The number of ether oxygens (including phenoxy) is 1. The van der Waals surface area contributed by atoms with E-state index in [0.717, 1.165) is 12.8 Å². The summed E-state index contributed by atoms with van der Waals surface area (Å²) >= 11 is 0. The van der Waals surface area contributed by atoms with Crippen molar-refractivity contribution in [2.75, 3.05) is 37.3 Å². The second-order valence-corrected chi connectivity index (χ2v) is 9.02. The fourth-order valence-electron chi connectivity index (χ4n) is 4.16. The Labute approximate surface area is 205 Å². The number of hydrogen-bond donors (Lipinski definition) is 3. The number of alkyl halides is 3. The van der Waals surface area contributed by atoms with Gasteiger partial charge in [-0.05, 0) is 37.8 Å². The number of hydrogen-bond acceptors (Lipinski definition) is 8. The summed E-state index contributed by atoms with van der Waals surface area (Å²) < 4.78 is 45.3. The summed E-state index contributed by atoms with van der Waals surface area (Å²) in [4.78, 5) is 27.3. The minimum absolute atomic E-state index is 0.160. The smallest absolute Gasteiger partial charge is 0.401 e. The maximum atomic E-state index is 12.6. The molecule has 1 aliphatic carbocycles. The van der Waals surface area contributed by atoms with Crippen molar-refractivity contribution >= 4 is 34.6 Å². The maximum Gasteiger partial charge on any atom is 0.401 e. The zero-order valence-electron chi connectivity index (χ0n) is 19.7. The minimum atomic E-state index is -4.19. The number of halogens is 3. The number of amides is 1. The van der Waals surface area contributed by atoms with Gasteiger partial charge in [-0.15, -0.1) is 0 Å². The van der Waals surface area contributed by atoms with Crippen LogP contribution in [-0.4, -0.2) is 75.5 Å². The van der Waals surface area contributed by atoms with Gasteiger partial charge < -0.3 is 20.7 Å². The lowest BCUT2D eigenvalue weighted by Gasteiger charge is -2.32. The van der Waals surface area contributed by atoms with Crippen molar-refractivity contribution < 1.29 is 22.7 Å². The maximum absolute atomic E-state index is 12.6. The highest BCUT2D eigenvalue weighted by Crippen LogP contribution is 2.27. The number of carbonyl (C=O) groups excluding carboxylic acids is 1. The predicted molar refractivity (Wildman–Crippen MR) is 128 cm³/mol. The Morgan fingerprint density at radius 3 is 2.64 bits per heavy atom. The van der Waals surface area contributed by atoms with Crippen LogP contribution in [0.25, 0.3) is 11.2 Å². The first-order valence-electron chi connectivity index (χ1n) is 11.8. The fraction of sp³-hybridized carbons (Fsp3) is 0.478. The van der Waals surface area contributed by atoms with E-state index in [4.69, 9.17) is 4.74 Å². The summed E-state index contributed by atoms with van der Waals surface area (Å²) in [6.07, 6.45) is 0.0474. The largest absolute Gasteiger partial charge is 0.490 e. The Balaban J connectivity index is 1.27. The van der Waals surface area contributed by atoms with E-state index >= 15 is 0 Å². The van der Waals surface area contributed by atoms with Crippen LogP contribution in [0.2, 0.25) is 0 Å². The first-order chi connectivity index (χ1) is 17.3. The molecule has 1 aliphatic heterocycles. The van der Waals surface area contributed by atoms with Gasteiger partial charge in [-0.1, -0.05) is 6.07 Å². The summed E-state index contributed by atoms with van der Waals surface area (Å²) in [6.45, 7) is -0.214. The molecular weight excluding hydrogens is 477 g/mol. The Morgan fingerprint density at radius 2 is 1.94 bits per heavy atom. The summed E-state index contributed by atoms with van der Waals surface area (Å²) in [7, 11) is 1.71. The van der Waals surface area contributed by atoms with E-state index in [1.165, 1.54) is 15.8 Å². The molecule has 10 nitrogen and oxygen atoms in total. The summed E-state index contributed by atoms with van der Waals surface area (Å²) in [5.41, 5.74) is 1.51. The molecule has 0 radical (unpaired) electrons. The van der Waals surface area contributed by atoms with Crippen LogP contribution >= 0.6 is 0 Å². The van der Waals surface area contributed by atoms with Crippen LogP contribution in [0.1, 0.15) is 25.7 Å². The molecule has 192 valence electrons. The van der Waals surface area contributed by atoms with Gasteiger partial charge in [0, 0.05) is 37.9 Å². The third-order valence-electron chi connectivity index (χ3n) is 6.09. The molecule has 5 rings (SSSR count). The van der Waals surface area contributed by atoms with Crippen molar-refractivity contribution in [3.63, 3.8) is 0 Å². The number of piperidine rings is 1. The van der Waals surface area contributed by atoms with Crippen LogP contribution in [0.3, 0.4) is 0 Å². The molecule has 1 aromatic carbocycles. The molecule has 0 atom stereocenters. The number of anilines is 3. The van der Waals surface area contributed by atoms with Crippen LogP contribution in [-0.2, 0) is 0 Å². The van der Waals surface area contributed by atoms with Gasteiger partial charge in [0.25, 0.3) is 0 Å². The van der Waals surface area contributed by atoms with Crippen LogP contribution in [0.5, 0.6) is 5.75 Å². The molecule has 3 N–H and O–H groups in total. The quantitative estimate of drug-likeness (QED) is 0.447. The normalized spacial score (nSPS) is 17.2. The number of benzene rings is 1. The lowest BCUT2D eigenvalue weighted by atomic mass is 10.1. The Morgan fingerprint density at radius 1 is 1.17 bits per heavy atom. The third kappa shape index (κ3) is 5.78. The Kier molecular flexibility index (Phi) is 6.56. The number of rotatable bonds is 7. The molecule has 2 fully saturated rings. The first kappa shape index (κ1) is 24.1. The molecule has 2 aliphatic rings. The van der Waals surface area contributed by atoms with Crippen LogP contribution < -0.4 is 20.7 Å². The standard InChI is InChI=1S/C23H27F3N8O2/c1-27-19-18-20(34(13-28-18)22(35)30-14-5-6-14)32-21(31-19)29-15-3-2-4-17(11-15)36-16-7-9-33(10-8-16)12-23(24,25)26/h2-4,11,13-14,16H,5-10,12H2,1H3,(H,30,35)(H2,27,29,31,32).